The quantitative estimate of drug-likeness (QED) is 0.680. The van der Waals surface area contributed by atoms with E-state index in [2.05, 4.69) is 22.7 Å². The highest BCUT2D eigenvalue weighted by Crippen LogP contribution is 2.47. The molecule has 2 aromatic rings. The first-order valence-corrected chi connectivity index (χ1v) is 7.26. The molecule has 0 saturated heterocycles. The van der Waals surface area contributed by atoms with Gasteiger partial charge in [-0.3, -0.25) is 4.79 Å². The van der Waals surface area contributed by atoms with Crippen LogP contribution in [0.3, 0.4) is 0 Å². The van der Waals surface area contributed by atoms with Crippen LogP contribution in [0, 0.1) is 5.92 Å². The highest BCUT2D eigenvalue weighted by molar-refractivity contribution is 6.33. The Labute approximate surface area is 128 Å². The van der Waals surface area contributed by atoms with Gasteiger partial charge in [-0.2, -0.15) is 5.10 Å². The smallest absolute Gasteiger partial charge is 0.243 e. The summed E-state index contributed by atoms with van der Waals surface area (Å²) in [5, 5.41) is 4.60. The largest absolute Gasteiger partial charge is 0.273 e. The van der Waals surface area contributed by atoms with Gasteiger partial charge in [-0.05, 0) is 24.0 Å². The van der Waals surface area contributed by atoms with Crippen LogP contribution in [0.15, 0.2) is 59.7 Å². The number of benzene rings is 2. The number of nitrogens with zero attached hydrogens (tertiary/aromatic N) is 1. The monoisotopic (exact) mass is 298 g/mol. The van der Waals surface area contributed by atoms with Crippen molar-refractivity contribution < 1.29 is 4.79 Å². The second kappa shape index (κ2) is 6.10. The topological polar surface area (TPSA) is 41.5 Å². The predicted octanol–water partition coefficient (Wildman–Crippen LogP) is 3.59. The molecule has 21 heavy (non-hydrogen) atoms. The van der Waals surface area contributed by atoms with E-state index in [1.54, 1.807) is 12.3 Å². The van der Waals surface area contributed by atoms with Gasteiger partial charge in [-0.1, -0.05) is 60.1 Å². The fourth-order valence-electron chi connectivity index (χ4n) is 2.38. The number of nitrogens with one attached hydrogen (secondary N) is 1. The highest BCUT2D eigenvalue weighted by Gasteiger charge is 2.43. The lowest BCUT2D eigenvalue weighted by Gasteiger charge is -2.00. The zero-order chi connectivity index (χ0) is 14.7. The van der Waals surface area contributed by atoms with Gasteiger partial charge < -0.3 is 0 Å². The first-order valence-electron chi connectivity index (χ1n) is 6.88. The molecule has 106 valence electrons. The fraction of sp³-hybridized carbons (Fsp3) is 0.176. The van der Waals surface area contributed by atoms with Crippen LogP contribution in [0.4, 0.5) is 0 Å². The van der Waals surface area contributed by atoms with E-state index in [1.165, 1.54) is 5.56 Å². The SMILES string of the molecule is O=C(N/N=C\c1ccccc1Cl)[C@@H]1C[C@H]1c1ccccc1. The lowest BCUT2D eigenvalue weighted by atomic mass is 10.1. The first kappa shape index (κ1) is 13.8. The van der Waals surface area contributed by atoms with Crippen molar-refractivity contribution in [2.75, 3.05) is 0 Å². The summed E-state index contributed by atoms with van der Waals surface area (Å²) in [5.74, 6) is 0.310. The maximum atomic E-state index is 12.0. The molecule has 0 radical (unpaired) electrons. The van der Waals surface area contributed by atoms with E-state index in [9.17, 15) is 4.79 Å². The lowest BCUT2D eigenvalue weighted by Crippen LogP contribution is -2.20. The Morgan fingerprint density at radius 1 is 1.14 bits per heavy atom. The molecule has 0 heterocycles. The van der Waals surface area contributed by atoms with E-state index in [4.69, 9.17) is 11.6 Å². The van der Waals surface area contributed by atoms with Crippen LogP contribution in [0.2, 0.25) is 5.02 Å². The number of amides is 1. The molecule has 1 saturated carbocycles. The van der Waals surface area contributed by atoms with Crippen molar-refractivity contribution in [3.63, 3.8) is 0 Å². The first-order chi connectivity index (χ1) is 10.3. The summed E-state index contributed by atoms with van der Waals surface area (Å²) in [5.41, 5.74) is 4.59. The van der Waals surface area contributed by atoms with E-state index in [0.717, 1.165) is 12.0 Å². The highest BCUT2D eigenvalue weighted by atomic mass is 35.5. The summed E-state index contributed by atoms with van der Waals surface area (Å²) in [4.78, 5) is 12.0. The zero-order valence-corrected chi connectivity index (χ0v) is 12.1. The van der Waals surface area contributed by atoms with Gasteiger partial charge in [0.1, 0.15) is 0 Å². The maximum absolute atomic E-state index is 12.0. The number of hydrogen-bond acceptors (Lipinski definition) is 2. The minimum atomic E-state index is -0.0350. The van der Waals surface area contributed by atoms with Crippen molar-refractivity contribution in [3.05, 3.63) is 70.7 Å². The molecule has 4 heteroatoms. The van der Waals surface area contributed by atoms with E-state index in [0.29, 0.717) is 10.9 Å². The Kier molecular flexibility index (Phi) is 4.02. The molecule has 0 bridgehead atoms. The second-order valence-corrected chi connectivity index (χ2v) is 5.52. The van der Waals surface area contributed by atoms with Crippen LogP contribution in [-0.4, -0.2) is 12.1 Å². The predicted molar refractivity (Wildman–Crippen MR) is 84.5 cm³/mol. The van der Waals surface area contributed by atoms with Crippen LogP contribution in [0.25, 0.3) is 0 Å². The molecule has 1 N–H and O–H groups in total. The summed E-state index contributed by atoms with van der Waals surface area (Å²) in [7, 11) is 0. The van der Waals surface area contributed by atoms with Crippen molar-refractivity contribution in [3.8, 4) is 0 Å². The third kappa shape index (κ3) is 3.31. The van der Waals surface area contributed by atoms with Crippen LogP contribution >= 0.6 is 11.6 Å². The molecule has 1 aliphatic carbocycles. The summed E-state index contributed by atoms with van der Waals surface area (Å²) in [6.45, 7) is 0. The van der Waals surface area contributed by atoms with Gasteiger partial charge in [0.05, 0.1) is 6.21 Å². The molecule has 1 aliphatic rings. The standard InChI is InChI=1S/C17H15ClN2O/c18-16-9-5-4-8-13(16)11-19-20-17(21)15-10-14(15)12-6-2-1-3-7-12/h1-9,11,14-15H,10H2,(H,20,21)/b19-11-/t14-,15+/m0/s1. The normalized spacial score (nSPS) is 20.4. The molecule has 0 aromatic heterocycles. The third-order valence-corrected chi connectivity index (χ3v) is 3.98. The minimum absolute atomic E-state index is 0.0239. The van der Waals surface area contributed by atoms with Crippen LogP contribution in [-0.2, 0) is 4.79 Å². The Morgan fingerprint density at radius 3 is 2.62 bits per heavy atom. The van der Waals surface area contributed by atoms with Crippen molar-refractivity contribution in [2.24, 2.45) is 11.0 Å². The fourth-order valence-corrected chi connectivity index (χ4v) is 2.57. The number of rotatable bonds is 4. The molecule has 0 aliphatic heterocycles. The number of carbonyl (C=O) groups excluding carboxylic acids is 1. The Balaban J connectivity index is 1.56. The van der Waals surface area contributed by atoms with E-state index in [-0.39, 0.29) is 11.8 Å². The van der Waals surface area contributed by atoms with Crippen LogP contribution < -0.4 is 5.43 Å². The third-order valence-electron chi connectivity index (χ3n) is 3.64. The second-order valence-electron chi connectivity index (χ2n) is 5.12. The number of hydrogen-bond donors (Lipinski definition) is 1. The Bertz CT molecular complexity index is 670. The van der Waals surface area contributed by atoms with Crippen molar-refractivity contribution in [2.45, 2.75) is 12.3 Å². The van der Waals surface area contributed by atoms with Crippen LogP contribution in [0.1, 0.15) is 23.5 Å². The summed E-state index contributed by atoms with van der Waals surface area (Å²) < 4.78 is 0. The number of carbonyl (C=O) groups is 1. The summed E-state index contributed by atoms with van der Waals surface area (Å²) in [6.07, 6.45) is 2.46. The van der Waals surface area contributed by atoms with E-state index < -0.39 is 0 Å². The van der Waals surface area contributed by atoms with Gasteiger partial charge in [-0.25, -0.2) is 5.43 Å². The average Bonchev–Trinajstić information content (AvgIpc) is 3.31. The average molecular weight is 299 g/mol. The lowest BCUT2D eigenvalue weighted by molar-refractivity contribution is -0.122. The van der Waals surface area contributed by atoms with E-state index >= 15 is 0 Å². The molecule has 1 fully saturated rings. The molecule has 2 aromatic carbocycles. The van der Waals surface area contributed by atoms with Gasteiger partial charge in [0, 0.05) is 16.5 Å². The zero-order valence-electron chi connectivity index (χ0n) is 11.4. The van der Waals surface area contributed by atoms with Crippen molar-refractivity contribution in [1.29, 1.82) is 0 Å². The van der Waals surface area contributed by atoms with E-state index in [1.807, 2.05) is 36.4 Å². The summed E-state index contributed by atoms with van der Waals surface area (Å²) in [6, 6.07) is 17.5. The molecule has 2 atom stereocenters. The van der Waals surface area contributed by atoms with Gasteiger partial charge in [-0.15, -0.1) is 0 Å². The molecular formula is C17H15ClN2O. The molecule has 0 unspecified atom stereocenters. The van der Waals surface area contributed by atoms with Gasteiger partial charge in [0.2, 0.25) is 5.91 Å². The van der Waals surface area contributed by atoms with Gasteiger partial charge in [0.25, 0.3) is 0 Å². The molecule has 1 amide bonds. The Hall–Kier alpha value is -2.13. The van der Waals surface area contributed by atoms with Crippen molar-refractivity contribution >= 4 is 23.7 Å². The molecule has 3 nitrogen and oxygen atoms in total. The van der Waals surface area contributed by atoms with Crippen molar-refractivity contribution in [1.82, 2.24) is 5.43 Å². The maximum Gasteiger partial charge on any atom is 0.243 e. The van der Waals surface area contributed by atoms with Gasteiger partial charge >= 0.3 is 0 Å². The molecular weight excluding hydrogens is 284 g/mol. The van der Waals surface area contributed by atoms with Crippen LogP contribution in [0.5, 0.6) is 0 Å². The molecule has 0 spiro atoms. The number of halogens is 1. The summed E-state index contributed by atoms with van der Waals surface area (Å²) >= 11 is 6.01. The minimum Gasteiger partial charge on any atom is -0.273 e. The molecule has 3 rings (SSSR count). The number of hydrazone groups is 1. The Morgan fingerprint density at radius 2 is 1.86 bits per heavy atom. The van der Waals surface area contributed by atoms with Gasteiger partial charge in [0.15, 0.2) is 0 Å².